The van der Waals surface area contributed by atoms with Crippen molar-refractivity contribution in [1.82, 2.24) is 9.21 Å². The molecule has 0 bridgehead atoms. The lowest BCUT2D eigenvalue weighted by molar-refractivity contribution is 0.0743. The lowest BCUT2D eigenvalue weighted by Crippen LogP contribution is -2.36. The Labute approximate surface area is 162 Å². The largest absolute Gasteiger partial charge is 0.336 e. The zero-order chi connectivity index (χ0) is 18.0. The Morgan fingerprint density at radius 2 is 1.92 bits per heavy atom. The molecule has 8 heteroatoms. The Hall–Kier alpha value is -1.15. The van der Waals surface area contributed by atoms with Crippen molar-refractivity contribution in [3.63, 3.8) is 0 Å². The maximum Gasteiger partial charge on any atom is 0.254 e. The van der Waals surface area contributed by atoms with Gasteiger partial charge >= 0.3 is 0 Å². The topological polar surface area (TPSA) is 83.7 Å². The van der Waals surface area contributed by atoms with E-state index in [9.17, 15) is 13.2 Å². The third kappa shape index (κ3) is 4.22. The fourth-order valence-corrected chi connectivity index (χ4v) is 5.37. The number of piperidine rings is 1. The molecule has 2 atom stereocenters. The Balaban J connectivity index is 0.00000243. The number of hydrogen-bond donors (Lipinski definition) is 1. The van der Waals surface area contributed by atoms with E-state index in [2.05, 4.69) is 0 Å². The van der Waals surface area contributed by atoms with Crippen LogP contribution in [0.3, 0.4) is 0 Å². The zero-order valence-electron chi connectivity index (χ0n) is 15.1. The minimum atomic E-state index is -3.53. The first kappa shape index (κ1) is 21.2. The third-order valence-corrected chi connectivity index (χ3v) is 7.18. The van der Waals surface area contributed by atoms with E-state index in [1.807, 2.05) is 11.8 Å². The lowest BCUT2D eigenvalue weighted by Gasteiger charge is -2.26. The number of rotatable bonds is 4. The second-order valence-electron chi connectivity index (χ2n) is 7.14. The molecule has 2 aliphatic rings. The molecule has 3 rings (SSSR count). The van der Waals surface area contributed by atoms with Gasteiger partial charge in [0.05, 0.1) is 4.90 Å². The molecule has 26 heavy (non-hydrogen) atoms. The van der Waals surface area contributed by atoms with E-state index in [0.717, 1.165) is 25.7 Å². The average molecular weight is 402 g/mol. The van der Waals surface area contributed by atoms with Crippen LogP contribution in [0, 0.1) is 5.92 Å². The lowest BCUT2D eigenvalue weighted by atomic mass is 10.1. The first-order chi connectivity index (χ1) is 11.9. The molecule has 2 aliphatic heterocycles. The van der Waals surface area contributed by atoms with Crippen LogP contribution in [0.5, 0.6) is 0 Å². The fourth-order valence-electron chi connectivity index (χ4n) is 3.81. The highest BCUT2D eigenvalue weighted by Crippen LogP contribution is 2.26. The minimum Gasteiger partial charge on any atom is -0.336 e. The van der Waals surface area contributed by atoms with Crippen LogP contribution in [-0.4, -0.2) is 55.8 Å². The number of benzene rings is 1. The van der Waals surface area contributed by atoms with E-state index >= 15 is 0 Å². The molecule has 0 spiro atoms. The van der Waals surface area contributed by atoms with Crippen LogP contribution >= 0.6 is 12.4 Å². The maximum absolute atomic E-state index is 12.9. The quantitative estimate of drug-likeness (QED) is 0.837. The van der Waals surface area contributed by atoms with Crippen LogP contribution in [0.25, 0.3) is 0 Å². The SMILES string of the molecule is CC1CC(CN)CN1C(=O)c1cccc(S(=O)(=O)N2CCCCC2)c1.Cl. The van der Waals surface area contributed by atoms with Crippen LogP contribution in [0.4, 0.5) is 0 Å². The van der Waals surface area contributed by atoms with Crippen molar-refractivity contribution in [2.24, 2.45) is 11.7 Å². The number of nitrogens with two attached hydrogens (primary N) is 1. The number of carbonyl (C=O) groups excluding carboxylic acids is 1. The number of carbonyl (C=O) groups is 1. The molecule has 2 heterocycles. The van der Waals surface area contributed by atoms with Crippen molar-refractivity contribution in [3.05, 3.63) is 29.8 Å². The molecular formula is C18H28ClN3O3S. The van der Waals surface area contributed by atoms with Crippen LogP contribution in [0.1, 0.15) is 43.0 Å². The van der Waals surface area contributed by atoms with Gasteiger partial charge in [0.1, 0.15) is 0 Å². The second-order valence-corrected chi connectivity index (χ2v) is 9.07. The smallest absolute Gasteiger partial charge is 0.254 e. The van der Waals surface area contributed by atoms with E-state index < -0.39 is 10.0 Å². The molecule has 146 valence electrons. The Kier molecular flexibility index (Phi) is 7.07. The first-order valence-electron chi connectivity index (χ1n) is 9.04. The van der Waals surface area contributed by atoms with Crippen LogP contribution in [-0.2, 0) is 10.0 Å². The normalized spacial score (nSPS) is 24.3. The van der Waals surface area contributed by atoms with Crippen molar-refractivity contribution < 1.29 is 13.2 Å². The Bertz CT molecular complexity index is 735. The van der Waals surface area contributed by atoms with E-state index in [4.69, 9.17) is 5.73 Å². The second kappa shape index (κ2) is 8.69. The molecule has 0 saturated carbocycles. The van der Waals surface area contributed by atoms with Crippen LogP contribution in [0.2, 0.25) is 0 Å². The van der Waals surface area contributed by atoms with Crippen molar-refractivity contribution >= 4 is 28.3 Å². The van der Waals surface area contributed by atoms with E-state index in [0.29, 0.717) is 37.7 Å². The van der Waals surface area contributed by atoms with Gasteiger partial charge in [0.15, 0.2) is 0 Å². The molecule has 0 aliphatic carbocycles. The third-order valence-electron chi connectivity index (χ3n) is 5.29. The molecule has 1 aromatic carbocycles. The van der Waals surface area contributed by atoms with E-state index in [-0.39, 0.29) is 29.3 Å². The van der Waals surface area contributed by atoms with Crippen molar-refractivity contribution in [2.45, 2.75) is 43.5 Å². The number of sulfonamides is 1. The predicted molar refractivity (Wildman–Crippen MR) is 104 cm³/mol. The van der Waals surface area contributed by atoms with Gasteiger partial charge in [-0.2, -0.15) is 4.31 Å². The summed E-state index contributed by atoms with van der Waals surface area (Å²) in [5.74, 6) is 0.207. The zero-order valence-corrected chi connectivity index (χ0v) is 16.8. The number of halogens is 1. The van der Waals surface area contributed by atoms with Gasteiger partial charge in [-0.1, -0.05) is 12.5 Å². The number of hydrogen-bond acceptors (Lipinski definition) is 4. The molecule has 2 unspecified atom stereocenters. The summed E-state index contributed by atoms with van der Waals surface area (Å²) in [6.07, 6.45) is 3.75. The Morgan fingerprint density at radius 1 is 1.23 bits per heavy atom. The molecule has 2 fully saturated rings. The summed E-state index contributed by atoms with van der Waals surface area (Å²) >= 11 is 0. The predicted octanol–water partition coefficient (Wildman–Crippen LogP) is 2.09. The average Bonchev–Trinajstić information content (AvgIpc) is 3.03. The minimum absolute atomic E-state index is 0. The van der Waals surface area contributed by atoms with Gasteiger partial charge in [-0.15, -0.1) is 12.4 Å². The first-order valence-corrected chi connectivity index (χ1v) is 10.5. The molecule has 0 radical (unpaired) electrons. The van der Waals surface area contributed by atoms with Crippen molar-refractivity contribution in [2.75, 3.05) is 26.2 Å². The summed E-state index contributed by atoms with van der Waals surface area (Å²) in [4.78, 5) is 14.9. The molecular weight excluding hydrogens is 374 g/mol. The Morgan fingerprint density at radius 3 is 2.54 bits per heavy atom. The summed E-state index contributed by atoms with van der Waals surface area (Å²) < 4.78 is 27.2. The van der Waals surface area contributed by atoms with Gasteiger partial charge in [-0.3, -0.25) is 4.79 Å². The highest BCUT2D eigenvalue weighted by Gasteiger charge is 2.33. The van der Waals surface area contributed by atoms with E-state index in [1.54, 1.807) is 18.2 Å². The van der Waals surface area contributed by atoms with Gasteiger partial charge in [0, 0.05) is 31.2 Å². The van der Waals surface area contributed by atoms with Crippen LogP contribution in [0.15, 0.2) is 29.2 Å². The number of likely N-dealkylation sites (tertiary alicyclic amines) is 1. The van der Waals surface area contributed by atoms with Gasteiger partial charge in [-0.25, -0.2) is 8.42 Å². The highest BCUT2D eigenvalue weighted by atomic mass is 35.5. The molecule has 6 nitrogen and oxygen atoms in total. The number of nitrogens with zero attached hydrogens (tertiary/aromatic N) is 2. The summed E-state index contributed by atoms with van der Waals surface area (Å²) in [6.45, 7) is 4.34. The summed E-state index contributed by atoms with van der Waals surface area (Å²) in [6, 6.07) is 6.58. The maximum atomic E-state index is 12.9. The molecule has 2 saturated heterocycles. The standard InChI is InChI=1S/C18H27N3O3S.ClH/c1-14-10-15(12-19)13-21(14)18(22)16-6-5-7-17(11-16)25(23,24)20-8-3-2-4-9-20;/h5-7,11,14-15H,2-4,8-10,12-13,19H2,1H3;1H. The van der Waals surface area contributed by atoms with Crippen LogP contribution < -0.4 is 5.73 Å². The fraction of sp³-hybridized carbons (Fsp3) is 0.611. The summed E-state index contributed by atoms with van der Waals surface area (Å²) in [5.41, 5.74) is 6.17. The summed E-state index contributed by atoms with van der Waals surface area (Å²) in [5, 5.41) is 0. The van der Waals surface area contributed by atoms with Crippen molar-refractivity contribution in [3.8, 4) is 0 Å². The molecule has 2 N–H and O–H groups in total. The molecule has 0 aromatic heterocycles. The molecule has 1 aromatic rings. The number of amides is 1. The van der Waals surface area contributed by atoms with Gasteiger partial charge < -0.3 is 10.6 Å². The van der Waals surface area contributed by atoms with E-state index in [1.165, 1.54) is 10.4 Å². The monoisotopic (exact) mass is 401 g/mol. The van der Waals surface area contributed by atoms with Crippen molar-refractivity contribution in [1.29, 1.82) is 0 Å². The van der Waals surface area contributed by atoms with Gasteiger partial charge in [0.25, 0.3) is 5.91 Å². The van der Waals surface area contributed by atoms with Gasteiger partial charge in [0.2, 0.25) is 10.0 Å². The molecule has 1 amide bonds. The van der Waals surface area contributed by atoms with Gasteiger partial charge in [-0.05, 0) is 56.8 Å². The summed E-state index contributed by atoms with van der Waals surface area (Å²) in [7, 11) is -3.53. The highest BCUT2D eigenvalue weighted by molar-refractivity contribution is 7.89.